The molecule has 1 aromatic rings. The van der Waals surface area contributed by atoms with Crippen LogP contribution in [-0.4, -0.2) is 17.8 Å². The van der Waals surface area contributed by atoms with Crippen LogP contribution in [-0.2, 0) is 0 Å². The molecule has 0 saturated heterocycles. The van der Waals surface area contributed by atoms with E-state index in [0.29, 0.717) is 5.92 Å². The van der Waals surface area contributed by atoms with E-state index < -0.39 is 0 Å². The van der Waals surface area contributed by atoms with Gasteiger partial charge in [-0.15, -0.1) is 0 Å². The molecule has 1 rings (SSSR count). The van der Waals surface area contributed by atoms with Crippen LogP contribution in [0.2, 0.25) is 5.02 Å². The normalized spacial score (nSPS) is 14.9. The quantitative estimate of drug-likeness (QED) is 0.817. The Hall–Kier alpha value is -0.570. The first-order valence-electron chi connectivity index (χ1n) is 6.20. The van der Waals surface area contributed by atoms with Gasteiger partial charge in [-0.25, -0.2) is 0 Å². The number of hydrogen-bond acceptors (Lipinski definition) is 2. The molecule has 0 amide bonds. The highest BCUT2D eigenvalue weighted by Crippen LogP contribution is 2.20. The molecule has 3 heteroatoms. The van der Waals surface area contributed by atoms with Gasteiger partial charge in [-0.3, -0.25) is 0 Å². The number of nitrogens with one attached hydrogen (secondary N) is 1. The molecule has 1 unspecified atom stereocenters. The molecule has 0 spiro atoms. The van der Waals surface area contributed by atoms with E-state index in [4.69, 9.17) is 11.6 Å². The third kappa shape index (κ3) is 4.30. The van der Waals surface area contributed by atoms with Gasteiger partial charge in [-0.1, -0.05) is 44.5 Å². The molecule has 0 bridgehead atoms. The van der Waals surface area contributed by atoms with E-state index in [1.165, 1.54) is 5.56 Å². The van der Waals surface area contributed by atoms with Gasteiger partial charge in [0.1, 0.15) is 0 Å². The lowest BCUT2D eigenvalue weighted by atomic mass is 9.99. The van der Waals surface area contributed by atoms with E-state index >= 15 is 0 Å². The standard InChI is InChI=1S/C14H22ClNO/c1-4-13(16-14(9-17)10(2)3)11-5-7-12(15)8-6-11/h5-8,10,13-14,16-17H,4,9H2,1-3H3/t13?,14-/m1/s1. The van der Waals surface area contributed by atoms with Crippen molar-refractivity contribution in [2.24, 2.45) is 5.92 Å². The molecule has 0 aliphatic rings. The smallest absolute Gasteiger partial charge is 0.0587 e. The van der Waals surface area contributed by atoms with E-state index in [1.807, 2.05) is 24.3 Å². The molecule has 2 atom stereocenters. The topological polar surface area (TPSA) is 32.3 Å². The van der Waals surface area contributed by atoms with Crippen LogP contribution in [0.4, 0.5) is 0 Å². The summed E-state index contributed by atoms with van der Waals surface area (Å²) >= 11 is 5.88. The van der Waals surface area contributed by atoms with E-state index in [1.54, 1.807) is 0 Å². The maximum absolute atomic E-state index is 9.35. The average Bonchev–Trinajstić information content (AvgIpc) is 2.32. The van der Waals surface area contributed by atoms with Crippen molar-refractivity contribution in [2.75, 3.05) is 6.61 Å². The number of rotatable bonds is 6. The molecule has 0 aromatic heterocycles. The first-order chi connectivity index (χ1) is 8.08. The molecule has 0 saturated carbocycles. The second-order valence-electron chi connectivity index (χ2n) is 4.71. The maximum atomic E-state index is 9.35. The molecule has 0 radical (unpaired) electrons. The van der Waals surface area contributed by atoms with Crippen LogP contribution in [0.1, 0.15) is 38.8 Å². The Morgan fingerprint density at radius 3 is 2.24 bits per heavy atom. The van der Waals surface area contributed by atoms with Crippen LogP contribution in [0.25, 0.3) is 0 Å². The Bertz CT molecular complexity index is 323. The summed E-state index contributed by atoms with van der Waals surface area (Å²) in [7, 11) is 0. The Kier molecular flexibility index (Phi) is 5.96. The van der Waals surface area contributed by atoms with Crippen molar-refractivity contribution in [2.45, 2.75) is 39.3 Å². The Balaban J connectivity index is 2.74. The van der Waals surface area contributed by atoms with Crippen LogP contribution in [0.3, 0.4) is 0 Å². The predicted octanol–water partition coefficient (Wildman–Crippen LogP) is 3.40. The summed E-state index contributed by atoms with van der Waals surface area (Å²) in [4.78, 5) is 0. The van der Waals surface area contributed by atoms with Crippen LogP contribution in [0.5, 0.6) is 0 Å². The summed E-state index contributed by atoms with van der Waals surface area (Å²) in [6.07, 6.45) is 0.991. The highest BCUT2D eigenvalue weighted by molar-refractivity contribution is 6.30. The van der Waals surface area contributed by atoms with Gasteiger partial charge in [0.25, 0.3) is 0 Å². The minimum absolute atomic E-state index is 0.135. The third-order valence-electron chi connectivity index (χ3n) is 3.10. The van der Waals surface area contributed by atoms with Gasteiger partial charge in [0, 0.05) is 17.1 Å². The zero-order valence-electron chi connectivity index (χ0n) is 10.8. The number of aliphatic hydroxyl groups is 1. The van der Waals surface area contributed by atoms with Gasteiger partial charge in [0.2, 0.25) is 0 Å². The second-order valence-corrected chi connectivity index (χ2v) is 5.15. The molecule has 2 nitrogen and oxygen atoms in total. The fourth-order valence-electron chi connectivity index (χ4n) is 1.86. The Morgan fingerprint density at radius 2 is 1.82 bits per heavy atom. The van der Waals surface area contributed by atoms with Crippen molar-refractivity contribution in [3.63, 3.8) is 0 Å². The van der Waals surface area contributed by atoms with Crippen molar-refractivity contribution in [3.8, 4) is 0 Å². The number of halogens is 1. The molecule has 2 N–H and O–H groups in total. The lowest BCUT2D eigenvalue weighted by Crippen LogP contribution is -2.39. The molecule has 0 heterocycles. The SMILES string of the molecule is CCC(N[C@H](CO)C(C)C)c1ccc(Cl)cc1. The molecule has 96 valence electrons. The minimum atomic E-state index is 0.135. The van der Waals surface area contributed by atoms with Crippen molar-refractivity contribution < 1.29 is 5.11 Å². The summed E-state index contributed by atoms with van der Waals surface area (Å²) in [6.45, 7) is 6.54. The van der Waals surface area contributed by atoms with E-state index in [9.17, 15) is 5.11 Å². The third-order valence-corrected chi connectivity index (χ3v) is 3.35. The fourth-order valence-corrected chi connectivity index (χ4v) is 1.99. The van der Waals surface area contributed by atoms with Crippen LogP contribution in [0, 0.1) is 5.92 Å². The second kappa shape index (κ2) is 7.00. The van der Waals surface area contributed by atoms with Gasteiger partial charge < -0.3 is 10.4 Å². The summed E-state index contributed by atoms with van der Waals surface area (Å²) < 4.78 is 0. The fraction of sp³-hybridized carbons (Fsp3) is 0.571. The van der Waals surface area contributed by atoms with E-state index in [0.717, 1.165) is 11.4 Å². The van der Waals surface area contributed by atoms with Crippen molar-refractivity contribution in [1.29, 1.82) is 0 Å². The van der Waals surface area contributed by atoms with Gasteiger partial charge >= 0.3 is 0 Å². The first kappa shape index (κ1) is 14.5. The maximum Gasteiger partial charge on any atom is 0.0587 e. The molecule has 0 fully saturated rings. The Labute approximate surface area is 109 Å². The number of aliphatic hydroxyl groups excluding tert-OH is 1. The van der Waals surface area contributed by atoms with Gasteiger partial charge in [0.05, 0.1) is 6.61 Å². The summed E-state index contributed by atoms with van der Waals surface area (Å²) in [5.41, 5.74) is 1.22. The highest BCUT2D eigenvalue weighted by atomic mass is 35.5. The zero-order chi connectivity index (χ0) is 12.8. The van der Waals surface area contributed by atoms with Gasteiger partial charge in [0.15, 0.2) is 0 Å². The Morgan fingerprint density at radius 1 is 1.24 bits per heavy atom. The largest absolute Gasteiger partial charge is 0.395 e. The molecule has 1 aromatic carbocycles. The lowest BCUT2D eigenvalue weighted by molar-refractivity contribution is 0.198. The average molecular weight is 256 g/mol. The number of benzene rings is 1. The van der Waals surface area contributed by atoms with E-state index in [2.05, 4.69) is 26.1 Å². The monoisotopic (exact) mass is 255 g/mol. The van der Waals surface area contributed by atoms with Crippen LogP contribution < -0.4 is 5.32 Å². The van der Waals surface area contributed by atoms with Gasteiger partial charge in [-0.05, 0) is 30.0 Å². The molecular weight excluding hydrogens is 234 g/mol. The van der Waals surface area contributed by atoms with Crippen LogP contribution >= 0.6 is 11.6 Å². The molecule has 0 aliphatic carbocycles. The van der Waals surface area contributed by atoms with Crippen LogP contribution in [0.15, 0.2) is 24.3 Å². The van der Waals surface area contributed by atoms with Crippen molar-refractivity contribution >= 4 is 11.6 Å². The molecular formula is C14H22ClNO. The number of hydrogen-bond donors (Lipinski definition) is 2. The minimum Gasteiger partial charge on any atom is -0.395 e. The predicted molar refractivity (Wildman–Crippen MR) is 73.3 cm³/mol. The summed E-state index contributed by atoms with van der Waals surface area (Å²) in [5, 5.41) is 13.6. The molecule has 17 heavy (non-hydrogen) atoms. The zero-order valence-corrected chi connectivity index (χ0v) is 11.5. The lowest BCUT2D eigenvalue weighted by Gasteiger charge is -2.26. The first-order valence-corrected chi connectivity index (χ1v) is 6.58. The van der Waals surface area contributed by atoms with Gasteiger partial charge in [-0.2, -0.15) is 0 Å². The highest BCUT2D eigenvalue weighted by Gasteiger charge is 2.17. The van der Waals surface area contributed by atoms with Crippen molar-refractivity contribution in [1.82, 2.24) is 5.32 Å². The summed E-state index contributed by atoms with van der Waals surface area (Å²) in [6, 6.07) is 8.30. The van der Waals surface area contributed by atoms with E-state index in [-0.39, 0.29) is 18.7 Å². The molecule has 0 aliphatic heterocycles. The van der Waals surface area contributed by atoms with Crippen molar-refractivity contribution in [3.05, 3.63) is 34.9 Å². The summed E-state index contributed by atoms with van der Waals surface area (Å²) in [5.74, 6) is 0.418.